The highest BCUT2D eigenvalue weighted by molar-refractivity contribution is 7.15. The Balaban J connectivity index is 1.83. The number of halogens is 1. The van der Waals surface area contributed by atoms with E-state index in [1.165, 1.54) is 25.4 Å². The minimum atomic E-state index is -0.115. The summed E-state index contributed by atoms with van der Waals surface area (Å²) < 4.78 is 5.05. The van der Waals surface area contributed by atoms with Gasteiger partial charge >= 0.3 is 6.01 Å². The number of fused-ring (bicyclic) bond motifs is 1. The van der Waals surface area contributed by atoms with Gasteiger partial charge in [0.05, 0.1) is 19.3 Å². The second-order valence-electron chi connectivity index (χ2n) is 4.78. The summed E-state index contributed by atoms with van der Waals surface area (Å²) in [4.78, 5) is 27.1. The number of hydrogen-bond acceptors (Lipinski definition) is 7. The highest BCUT2D eigenvalue weighted by Crippen LogP contribution is 2.31. The molecule has 0 fully saturated rings. The van der Waals surface area contributed by atoms with Crippen LogP contribution in [0.1, 0.15) is 17.5 Å². The first kappa shape index (κ1) is 15.0. The number of rotatable bonds is 3. The van der Waals surface area contributed by atoms with E-state index < -0.39 is 0 Å². The Morgan fingerprint density at radius 3 is 3.00 bits per heavy atom. The molecule has 2 aromatic rings. The van der Waals surface area contributed by atoms with Crippen molar-refractivity contribution in [1.82, 2.24) is 15.0 Å². The summed E-state index contributed by atoms with van der Waals surface area (Å²) in [5.41, 5.74) is 1.03. The molecule has 1 N–H and O–H groups in total. The average molecular weight is 340 g/mol. The topological polar surface area (TPSA) is 80.2 Å². The van der Waals surface area contributed by atoms with Crippen molar-refractivity contribution in [2.45, 2.75) is 19.9 Å². The number of carbonyl (C=O) groups excluding carboxylic acids is 1. The van der Waals surface area contributed by atoms with Crippen molar-refractivity contribution in [3.05, 3.63) is 21.8 Å². The summed E-state index contributed by atoms with van der Waals surface area (Å²) in [5, 5.41) is 3.71. The maximum absolute atomic E-state index is 11.1. The van der Waals surface area contributed by atoms with E-state index in [0.29, 0.717) is 16.8 Å². The molecule has 1 aliphatic rings. The Morgan fingerprint density at radius 1 is 1.45 bits per heavy atom. The third-order valence-electron chi connectivity index (χ3n) is 3.18. The van der Waals surface area contributed by atoms with Crippen LogP contribution in [0.5, 0.6) is 6.01 Å². The Labute approximate surface area is 136 Å². The van der Waals surface area contributed by atoms with Crippen molar-refractivity contribution in [2.75, 3.05) is 23.9 Å². The van der Waals surface area contributed by atoms with E-state index in [0.717, 1.165) is 29.4 Å². The molecule has 0 unspecified atom stereocenters. The van der Waals surface area contributed by atoms with Crippen LogP contribution in [-0.4, -0.2) is 34.5 Å². The van der Waals surface area contributed by atoms with Crippen LogP contribution in [0, 0.1) is 0 Å². The number of nitrogens with one attached hydrogen (secondary N) is 1. The third-order valence-corrected chi connectivity index (χ3v) is 4.37. The lowest BCUT2D eigenvalue weighted by atomic mass is 10.2. The number of hydrogen-bond donors (Lipinski definition) is 1. The molecule has 0 radical (unpaired) electrons. The second kappa shape index (κ2) is 6.05. The zero-order valence-electron chi connectivity index (χ0n) is 12.1. The van der Waals surface area contributed by atoms with Gasteiger partial charge in [0.25, 0.3) is 0 Å². The molecular weight excluding hydrogens is 326 g/mol. The predicted molar refractivity (Wildman–Crippen MR) is 84.8 cm³/mol. The number of methoxy groups -OCH3 is 1. The molecule has 7 nitrogen and oxygen atoms in total. The smallest absolute Gasteiger partial charge is 0.319 e. The van der Waals surface area contributed by atoms with Gasteiger partial charge in [-0.3, -0.25) is 4.79 Å². The molecule has 3 heterocycles. The molecular formula is C13H14ClN5O2S. The van der Waals surface area contributed by atoms with Crippen LogP contribution in [0.3, 0.4) is 0 Å². The lowest BCUT2D eigenvalue weighted by molar-refractivity contribution is -0.114. The molecule has 0 aromatic carbocycles. The van der Waals surface area contributed by atoms with Crippen LogP contribution >= 0.6 is 22.9 Å². The minimum absolute atomic E-state index is 0.115. The largest absolute Gasteiger partial charge is 0.467 e. The van der Waals surface area contributed by atoms with Gasteiger partial charge in [-0.15, -0.1) is 0 Å². The number of anilines is 2. The Bertz CT molecular complexity index is 720. The van der Waals surface area contributed by atoms with E-state index in [1.54, 1.807) is 6.07 Å². The Hall–Kier alpha value is -1.93. The standard InChI is InChI=1S/C13H14ClN5O2S/c1-7(20)15-13-16-8-3-4-19(6-9(8)22-13)11-5-10(14)17-12(18-11)21-2/h5H,3-4,6H2,1-2H3,(H,15,16,20). The molecule has 9 heteroatoms. The third kappa shape index (κ3) is 3.12. The maximum Gasteiger partial charge on any atom is 0.319 e. The molecule has 1 aliphatic heterocycles. The summed E-state index contributed by atoms with van der Waals surface area (Å²) in [6, 6.07) is 1.96. The maximum atomic E-state index is 11.1. The number of amides is 1. The van der Waals surface area contributed by atoms with Crippen molar-refractivity contribution in [1.29, 1.82) is 0 Å². The van der Waals surface area contributed by atoms with Crippen LogP contribution in [0.4, 0.5) is 10.9 Å². The van der Waals surface area contributed by atoms with Gasteiger partial charge in [-0.05, 0) is 0 Å². The molecule has 0 saturated carbocycles. The predicted octanol–water partition coefficient (Wildman–Crippen LogP) is 2.12. The lowest BCUT2D eigenvalue weighted by Gasteiger charge is -2.27. The van der Waals surface area contributed by atoms with Crippen LogP contribution in [-0.2, 0) is 17.8 Å². The first-order chi connectivity index (χ1) is 10.5. The lowest BCUT2D eigenvalue weighted by Crippen LogP contribution is -2.30. The highest BCUT2D eigenvalue weighted by atomic mass is 35.5. The fraction of sp³-hybridized carbons (Fsp3) is 0.385. The van der Waals surface area contributed by atoms with E-state index in [-0.39, 0.29) is 11.9 Å². The fourth-order valence-electron chi connectivity index (χ4n) is 2.23. The quantitative estimate of drug-likeness (QED) is 0.863. The monoisotopic (exact) mass is 339 g/mol. The fourth-order valence-corrected chi connectivity index (χ4v) is 3.47. The van der Waals surface area contributed by atoms with Crippen molar-refractivity contribution < 1.29 is 9.53 Å². The van der Waals surface area contributed by atoms with Gasteiger partial charge in [0.2, 0.25) is 5.91 Å². The molecule has 0 bridgehead atoms. The number of thiazole rings is 1. The molecule has 0 aliphatic carbocycles. The van der Waals surface area contributed by atoms with Crippen LogP contribution in [0.25, 0.3) is 0 Å². The van der Waals surface area contributed by atoms with E-state index >= 15 is 0 Å². The summed E-state index contributed by atoms with van der Waals surface area (Å²) in [7, 11) is 1.51. The summed E-state index contributed by atoms with van der Waals surface area (Å²) in [6.07, 6.45) is 0.787. The molecule has 22 heavy (non-hydrogen) atoms. The molecule has 0 saturated heterocycles. The van der Waals surface area contributed by atoms with Crippen molar-refractivity contribution in [3.63, 3.8) is 0 Å². The summed E-state index contributed by atoms with van der Waals surface area (Å²) >= 11 is 7.48. The van der Waals surface area contributed by atoms with E-state index in [1.807, 2.05) is 0 Å². The number of nitrogens with zero attached hydrogens (tertiary/aromatic N) is 4. The van der Waals surface area contributed by atoms with Gasteiger partial charge in [0.15, 0.2) is 5.13 Å². The molecule has 1 amide bonds. The van der Waals surface area contributed by atoms with E-state index in [4.69, 9.17) is 16.3 Å². The highest BCUT2D eigenvalue weighted by Gasteiger charge is 2.23. The Kier molecular flexibility index (Phi) is 4.12. The van der Waals surface area contributed by atoms with Crippen LogP contribution in [0.15, 0.2) is 6.07 Å². The van der Waals surface area contributed by atoms with Gasteiger partial charge in [-0.25, -0.2) is 4.98 Å². The molecule has 116 valence electrons. The van der Waals surface area contributed by atoms with E-state index in [2.05, 4.69) is 25.2 Å². The normalized spacial score (nSPS) is 13.7. The molecule has 3 rings (SSSR count). The van der Waals surface area contributed by atoms with Gasteiger partial charge in [-0.2, -0.15) is 9.97 Å². The van der Waals surface area contributed by atoms with E-state index in [9.17, 15) is 4.79 Å². The number of ether oxygens (including phenoxy) is 1. The van der Waals surface area contributed by atoms with Crippen LogP contribution < -0.4 is 15.0 Å². The first-order valence-corrected chi connectivity index (χ1v) is 7.84. The van der Waals surface area contributed by atoms with Gasteiger partial charge in [0, 0.05) is 30.8 Å². The SMILES string of the molecule is COc1nc(Cl)cc(N2CCc3nc(NC(C)=O)sc3C2)n1. The summed E-state index contributed by atoms with van der Waals surface area (Å²) in [6.45, 7) is 2.91. The van der Waals surface area contributed by atoms with Gasteiger partial charge < -0.3 is 15.0 Å². The summed E-state index contributed by atoms with van der Waals surface area (Å²) in [5.74, 6) is 0.604. The zero-order chi connectivity index (χ0) is 15.7. The second-order valence-corrected chi connectivity index (χ2v) is 6.25. The zero-order valence-corrected chi connectivity index (χ0v) is 13.7. The first-order valence-electron chi connectivity index (χ1n) is 6.65. The molecule has 2 aromatic heterocycles. The van der Waals surface area contributed by atoms with Gasteiger partial charge in [-0.1, -0.05) is 22.9 Å². The van der Waals surface area contributed by atoms with Crippen LogP contribution in [0.2, 0.25) is 5.15 Å². The van der Waals surface area contributed by atoms with Crippen molar-refractivity contribution >= 4 is 39.8 Å². The van der Waals surface area contributed by atoms with Gasteiger partial charge in [0.1, 0.15) is 11.0 Å². The number of carbonyl (C=O) groups is 1. The van der Waals surface area contributed by atoms with Crippen molar-refractivity contribution in [2.24, 2.45) is 0 Å². The minimum Gasteiger partial charge on any atom is -0.467 e. The average Bonchev–Trinajstić information content (AvgIpc) is 2.86. The molecule has 0 atom stereocenters. The molecule has 0 spiro atoms. The van der Waals surface area contributed by atoms with Crippen molar-refractivity contribution in [3.8, 4) is 6.01 Å². The Morgan fingerprint density at radius 2 is 2.27 bits per heavy atom. The number of aromatic nitrogens is 3.